The lowest BCUT2D eigenvalue weighted by molar-refractivity contribution is 0.125. The van der Waals surface area contributed by atoms with E-state index in [0.717, 1.165) is 10.5 Å². The molecule has 0 bridgehead atoms. The first-order chi connectivity index (χ1) is 7.16. The summed E-state index contributed by atoms with van der Waals surface area (Å²) in [5.74, 6) is 0.289. The molecule has 0 saturated carbocycles. The van der Waals surface area contributed by atoms with E-state index in [2.05, 4.69) is 11.1 Å². The third-order valence-corrected chi connectivity index (χ3v) is 3.55. The maximum absolute atomic E-state index is 9.77. The predicted molar refractivity (Wildman–Crippen MR) is 64.2 cm³/mol. The molecule has 0 spiro atoms. The highest BCUT2D eigenvalue weighted by Gasteiger charge is 2.12. The lowest BCUT2D eigenvalue weighted by Crippen LogP contribution is -2.17. The predicted octanol–water partition coefficient (Wildman–Crippen LogP) is 2.86. The Morgan fingerprint density at radius 3 is 2.73 bits per heavy atom. The molecular formula is C12H15NOS. The van der Waals surface area contributed by atoms with Crippen LogP contribution in [0.1, 0.15) is 18.9 Å². The SMILES string of the molecule is CC(C)C(O)Cc1nc2ccccc2s1. The summed E-state index contributed by atoms with van der Waals surface area (Å²) in [6.07, 6.45) is 0.377. The molecule has 1 N–H and O–H groups in total. The molecule has 0 aliphatic rings. The van der Waals surface area contributed by atoms with Crippen LogP contribution in [-0.2, 0) is 6.42 Å². The van der Waals surface area contributed by atoms with E-state index >= 15 is 0 Å². The van der Waals surface area contributed by atoms with Gasteiger partial charge in [0, 0.05) is 6.42 Å². The van der Waals surface area contributed by atoms with E-state index in [-0.39, 0.29) is 12.0 Å². The summed E-state index contributed by atoms with van der Waals surface area (Å²) < 4.78 is 1.20. The molecule has 0 radical (unpaired) electrons. The lowest BCUT2D eigenvalue weighted by Gasteiger charge is -2.11. The maximum atomic E-state index is 9.77. The average Bonchev–Trinajstić information content (AvgIpc) is 2.59. The molecule has 3 heteroatoms. The van der Waals surface area contributed by atoms with Crippen molar-refractivity contribution in [2.45, 2.75) is 26.4 Å². The van der Waals surface area contributed by atoms with Gasteiger partial charge in [-0.3, -0.25) is 0 Å². The summed E-state index contributed by atoms with van der Waals surface area (Å²) in [5, 5.41) is 10.8. The van der Waals surface area contributed by atoms with Crippen LogP contribution in [0.3, 0.4) is 0 Å². The Hall–Kier alpha value is -0.930. The summed E-state index contributed by atoms with van der Waals surface area (Å²) in [6, 6.07) is 8.09. The van der Waals surface area contributed by atoms with Crippen LogP contribution in [0.5, 0.6) is 0 Å². The number of aliphatic hydroxyl groups is 1. The second-order valence-corrected chi connectivity index (χ2v) is 5.21. The van der Waals surface area contributed by atoms with Crippen molar-refractivity contribution in [2.24, 2.45) is 5.92 Å². The molecule has 1 heterocycles. The van der Waals surface area contributed by atoms with Crippen molar-refractivity contribution < 1.29 is 5.11 Å². The van der Waals surface area contributed by atoms with E-state index in [0.29, 0.717) is 6.42 Å². The topological polar surface area (TPSA) is 33.1 Å². The Morgan fingerprint density at radius 1 is 1.33 bits per heavy atom. The van der Waals surface area contributed by atoms with Gasteiger partial charge >= 0.3 is 0 Å². The van der Waals surface area contributed by atoms with Crippen LogP contribution in [0.2, 0.25) is 0 Å². The first-order valence-electron chi connectivity index (χ1n) is 5.19. The van der Waals surface area contributed by atoms with Crippen LogP contribution in [0.15, 0.2) is 24.3 Å². The molecule has 1 atom stereocenters. The van der Waals surface area contributed by atoms with E-state index in [1.807, 2.05) is 32.0 Å². The van der Waals surface area contributed by atoms with E-state index in [1.165, 1.54) is 4.70 Å². The van der Waals surface area contributed by atoms with Gasteiger partial charge in [0.2, 0.25) is 0 Å². The van der Waals surface area contributed by atoms with Crippen molar-refractivity contribution >= 4 is 21.6 Å². The number of thiazole rings is 1. The number of fused-ring (bicyclic) bond motifs is 1. The van der Waals surface area contributed by atoms with Gasteiger partial charge in [-0.2, -0.15) is 0 Å². The highest BCUT2D eigenvalue weighted by molar-refractivity contribution is 7.18. The van der Waals surface area contributed by atoms with Crippen molar-refractivity contribution in [3.8, 4) is 0 Å². The van der Waals surface area contributed by atoms with E-state index in [9.17, 15) is 5.11 Å². The fourth-order valence-corrected chi connectivity index (χ4v) is 2.44. The summed E-state index contributed by atoms with van der Waals surface area (Å²) in [7, 11) is 0. The number of aromatic nitrogens is 1. The van der Waals surface area contributed by atoms with Crippen molar-refractivity contribution in [1.29, 1.82) is 0 Å². The minimum atomic E-state index is -0.287. The number of nitrogens with zero attached hydrogens (tertiary/aromatic N) is 1. The van der Waals surface area contributed by atoms with Gasteiger partial charge < -0.3 is 5.11 Å². The third kappa shape index (κ3) is 2.36. The van der Waals surface area contributed by atoms with E-state index in [1.54, 1.807) is 11.3 Å². The first-order valence-corrected chi connectivity index (χ1v) is 6.01. The maximum Gasteiger partial charge on any atom is 0.0964 e. The number of aliphatic hydroxyl groups excluding tert-OH is 1. The van der Waals surface area contributed by atoms with Gasteiger partial charge in [-0.15, -0.1) is 11.3 Å². The highest BCUT2D eigenvalue weighted by Crippen LogP contribution is 2.23. The van der Waals surface area contributed by atoms with Gasteiger partial charge in [-0.1, -0.05) is 26.0 Å². The minimum absolute atomic E-state index is 0.287. The monoisotopic (exact) mass is 221 g/mol. The number of benzene rings is 1. The van der Waals surface area contributed by atoms with E-state index in [4.69, 9.17) is 0 Å². The van der Waals surface area contributed by atoms with Crippen molar-refractivity contribution in [3.63, 3.8) is 0 Å². The Kier molecular flexibility index (Phi) is 3.03. The Bertz CT molecular complexity index is 417. The first kappa shape index (κ1) is 10.6. The Labute approximate surface area is 93.6 Å². The van der Waals surface area contributed by atoms with Gasteiger partial charge in [0.15, 0.2) is 0 Å². The van der Waals surface area contributed by atoms with Gasteiger partial charge in [0.25, 0.3) is 0 Å². The van der Waals surface area contributed by atoms with Crippen molar-refractivity contribution in [3.05, 3.63) is 29.3 Å². The summed E-state index contributed by atoms with van der Waals surface area (Å²) in [6.45, 7) is 4.05. The van der Waals surface area contributed by atoms with Crippen LogP contribution in [0.25, 0.3) is 10.2 Å². The zero-order valence-corrected chi connectivity index (χ0v) is 9.79. The molecule has 2 nitrogen and oxygen atoms in total. The molecule has 0 aliphatic carbocycles. The lowest BCUT2D eigenvalue weighted by atomic mass is 10.1. The summed E-state index contributed by atoms with van der Waals surface area (Å²) in [4.78, 5) is 4.49. The number of rotatable bonds is 3. The van der Waals surface area contributed by atoms with E-state index < -0.39 is 0 Å². The quantitative estimate of drug-likeness (QED) is 0.864. The molecule has 1 unspecified atom stereocenters. The molecule has 15 heavy (non-hydrogen) atoms. The summed E-state index contributed by atoms with van der Waals surface area (Å²) in [5.41, 5.74) is 1.04. The van der Waals surface area contributed by atoms with Gasteiger partial charge in [0.05, 0.1) is 21.3 Å². The number of hydrogen-bond donors (Lipinski definition) is 1. The molecular weight excluding hydrogens is 206 g/mol. The average molecular weight is 221 g/mol. The third-order valence-electron chi connectivity index (χ3n) is 2.49. The zero-order valence-electron chi connectivity index (χ0n) is 8.97. The van der Waals surface area contributed by atoms with Crippen LogP contribution in [0, 0.1) is 5.92 Å². The fourth-order valence-electron chi connectivity index (χ4n) is 1.42. The Balaban J connectivity index is 2.22. The summed E-state index contributed by atoms with van der Waals surface area (Å²) >= 11 is 1.67. The van der Waals surface area contributed by atoms with Crippen LogP contribution >= 0.6 is 11.3 Å². The van der Waals surface area contributed by atoms with Gasteiger partial charge in [-0.05, 0) is 18.1 Å². The number of para-hydroxylation sites is 1. The van der Waals surface area contributed by atoms with Crippen molar-refractivity contribution in [1.82, 2.24) is 4.98 Å². The molecule has 1 aromatic carbocycles. The molecule has 2 aromatic rings. The molecule has 0 saturated heterocycles. The zero-order chi connectivity index (χ0) is 10.8. The van der Waals surface area contributed by atoms with Crippen LogP contribution < -0.4 is 0 Å². The van der Waals surface area contributed by atoms with Crippen LogP contribution in [0.4, 0.5) is 0 Å². The molecule has 2 rings (SSSR count). The second-order valence-electron chi connectivity index (χ2n) is 4.09. The second kappa shape index (κ2) is 4.29. The largest absolute Gasteiger partial charge is 0.392 e. The fraction of sp³-hybridized carbons (Fsp3) is 0.417. The Morgan fingerprint density at radius 2 is 2.07 bits per heavy atom. The normalized spacial score (nSPS) is 13.6. The number of hydrogen-bond acceptors (Lipinski definition) is 3. The molecule has 1 aromatic heterocycles. The highest BCUT2D eigenvalue weighted by atomic mass is 32.1. The smallest absolute Gasteiger partial charge is 0.0964 e. The molecule has 0 aliphatic heterocycles. The van der Waals surface area contributed by atoms with Gasteiger partial charge in [0.1, 0.15) is 0 Å². The van der Waals surface area contributed by atoms with Crippen molar-refractivity contribution in [2.75, 3.05) is 0 Å². The standard InChI is InChI=1S/C12H15NOS/c1-8(2)10(14)7-12-13-9-5-3-4-6-11(9)15-12/h3-6,8,10,14H,7H2,1-2H3. The minimum Gasteiger partial charge on any atom is -0.392 e. The van der Waals surface area contributed by atoms with Gasteiger partial charge in [-0.25, -0.2) is 4.98 Å². The molecule has 80 valence electrons. The van der Waals surface area contributed by atoms with Crippen LogP contribution in [-0.4, -0.2) is 16.2 Å². The molecule has 0 amide bonds. The molecule has 0 fully saturated rings.